The van der Waals surface area contributed by atoms with E-state index < -0.39 is 0 Å². The minimum atomic E-state index is -0.355. The van der Waals surface area contributed by atoms with Crippen LogP contribution < -0.4 is 15.2 Å². The summed E-state index contributed by atoms with van der Waals surface area (Å²) in [6.45, 7) is 2.21. The van der Waals surface area contributed by atoms with E-state index in [1.807, 2.05) is 6.92 Å². The van der Waals surface area contributed by atoms with Crippen LogP contribution in [0.1, 0.15) is 24.7 Å². The summed E-state index contributed by atoms with van der Waals surface area (Å²) in [6, 6.07) is 9.70. The normalized spacial score (nSPS) is 11.3. The molecule has 0 saturated carbocycles. The van der Waals surface area contributed by atoms with Crippen molar-refractivity contribution in [3.05, 3.63) is 64.1 Å². The molecule has 0 aliphatic rings. The molecule has 29 heavy (non-hydrogen) atoms. The number of benzene rings is 2. The second-order valence-corrected chi connectivity index (χ2v) is 6.74. The Labute approximate surface area is 166 Å². The molecular weight excluding hydrogens is 375 g/mol. The molecule has 0 aliphatic carbocycles. The van der Waals surface area contributed by atoms with Crippen LogP contribution in [0.15, 0.2) is 41.2 Å². The molecular formula is C21H21FN4O3. The lowest BCUT2D eigenvalue weighted by Gasteiger charge is -2.14. The number of halogens is 1. The van der Waals surface area contributed by atoms with E-state index in [-0.39, 0.29) is 18.1 Å². The van der Waals surface area contributed by atoms with Crippen molar-refractivity contribution >= 4 is 16.6 Å². The first kappa shape index (κ1) is 18.9. The van der Waals surface area contributed by atoms with Crippen LogP contribution in [0, 0.1) is 5.82 Å². The maximum Gasteiger partial charge on any atom is 0.351 e. The molecule has 2 heterocycles. The van der Waals surface area contributed by atoms with Crippen molar-refractivity contribution in [2.75, 3.05) is 14.2 Å². The lowest BCUT2D eigenvalue weighted by Crippen LogP contribution is -2.28. The van der Waals surface area contributed by atoms with E-state index in [2.05, 4.69) is 10.1 Å². The molecule has 150 valence electrons. The van der Waals surface area contributed by atoms with Crippen molar-refractivity contribution in [3.63, 3.8) is 0 Å². The molecule has 0 fully saturated rings. The molecule has 0 bridgehead atoms. The van der Waals surface area contributed by atoms with Crippen molar-refractivity contribution in [1.29, 1.82) is 0 Å². The molecule has 0 amide bonds. The van der Waals surface area contributed by atoms with Crippen molar-refractivity contribution in [2.24, 2.45) is 0 Å². The summed E-state index contributed by atoms with van der Waals surface area (Å²) in [5.41, 5.74) is 1.39. The second-order valence-electron chi connectivity index (χ2n) is 6.74. The van der Waals surface area contributed by atoms with Gasteiger partial charge in [-0.25, -0.2) is 14.2 Å². The number of fused-ring (bicyclic) bond motifs is 3. The van der Waals surface area contributed by atoms with Gasteiger partial charge in [-0.3, -0.25) is 4.57 Å². The van der Waals surface area contributed by atoms with Gasteiger partial charge in [-0.1, -0.05) is 19.1 Å². The summed E-state index contributed by atoms with van der Waals surface area (Å²) in [5.74, 6) is 1.26. The predicted molar refractivity (Wildman–Crippen MR) is 107 cm³/mol. The molecule has 2 aromatic heterocycles. The fraction of sp³-hybridized carbons (Fsp3) is 0.286. The number of methoxy groups -OCH3 is 2. The Morgan fingerprint density at radius 1 is 1.10 bits per heavy atom. The van der Waals surface area contributed by atoms with Gasteiger partial charge in [0, 0.05) is 17.9 Å². The number of rotatable bonds is 6. The highest BCUT2D eigenvalue weighted by atomic mass is 19.1. The molecule has 0 radical (unpaired) electrons. The third kappa shape index (κ3) is 3.30. The summed E-state index contributed by atoms with van der Waals surface area (Å²) >= 11 is 0. The van der Waals surface area contributed by atoms with Crippen molar-refractivity contribution in [1.82, 2.24) is 19.2 Å². The maximum absolute atomic E-state index is 13.7. The summed E-state index contributed by atoms with van der Waals surface area (Å²) in [4.78, 5) is 17.8. The van der Waals surface area contributed by atoms with Crippen LogP contribution in [0.4, 0.5) is 4.39 Å². The number of ether oxygens (including phenoxy) is 2. The summed E-state index contributed by atoms with van der Waals surface area (Å²) < 4.78 is 27.4. The highest BCUT2D eigenvalue weighted by Gasteiger charge is 2.18. The first-order chi connectivity index (χ1) is 14.0. The molecule has 0 saturated heterocycles. The molecule has 7 nitrogen and oxygen atoms in total. The van der Waals surface area contributed by atoms with Crippen LogP contribution in [-0.2, 0) is 13.0 Å². The molecule has 0 N–H and O–H groups in total. The Hall–Kier alpha value is -3.42. The molecule has 8 heteroatoms. The topological polar surface area (TPSA) is 70.7 Å². The van der Waals surface area contributed by atoms with Gasteiger partial charge in [0.1, 0.15) is 5.82 Å². The van der Waals surface area contributed by atoms with Crippen molar-refractivity contribution in [3.8, 4) is 11.5 Å². The van der Waals surface area contributed by atoms with Gasteiger partial charge in [0.2, 0.25) is 0 Å². The average Bonchev–Trinajstić information content (AvgIpc) is 3.14. The van der Waals surface area contributed by atoms with Crippen LogP contribution in [-0.4, -0.2) is 33.4 Å². The van der Waals surface area contributed by atoms with Gasteiger partial charge >= 0.3 is 5.69 Å². The minimum absolute atomic E-state index is 0.182. The van der Waals surface area contributed by atoms with Gasteiger partial charge in [0.15, 0.2) is 23.0 Å². The number of aryl methyl sites for hydroxylation is 1. The third-order valence-electron chi connectivity index (χ3n) is 4.80. The second kappa shape index (κ2) is 7.54. The number of nitrogens with zero attached hydrogens (tertiary/aromatic N) is 4. The summed E-state index contributed by atoms with van der Waals surface area (Å²) in [6.07, 6.45) is 1.53. The van der Waals surface area contributed by atoms with E-state index in [0.29, 0.717) is 45.9 Å². The lowest BCUT2D eigenvalue weighted by atomic mass is 10.1. The van der Waals surface area contributed by atoms with Crippen LogP contribution in [0.2, 0.25) is 0 Å². The van der Waals surface area contributed by atoms with Crippen molar-refractivity contribution < 1.29 is 13.9 Å². The van der Waals surface area contributed by atoms with Crippen molar-refractivity contribution in [2.45, 2.75) is 26.3 Å². The van der Waals surface area contributed by atoms with Gasteiger partial charge in [-0.2, -0.15) is 4.52 Å². The Morgan fingerprint density at radius 3 is 2.55 bits per heavy atom. The highest BCUT2D eigenvalue weighted by molar-refractivity contribution is 5.94. The van der Waals surface area contributed by atoms with Gasteiger partial charge in [0.25, 0.3) is 0 Å². The fourth-order valence-corrected chi connectivity index (χ4v) is 3.45. The highest BCUT2D eigenvalue weighted by Crippen LogP contribution is 2.33. The van der Waals surface area contributed by atoms with Crippen LogP contribution in [0.3, 0.4) is 0 Å². The van der Waals surface area contributed by atoms with E-state index in [1.54, 1.807) is 35.9 Å². The fourth-order valence-electron chi connectivity index (χ4n) is 3.45. The Kier molecular flexibility index (Phi) is 4.92. The number of hydrogen-bond acceptors (Lipinski definition) is 5. The zero-order valence-electron chi connectivity index (χ0n) is 16.5. The number of aromatic nitrogens is 4. The van der Waals surface area contributed by atoms with Crippen LogP contribution in [0.25, 0.3) is 16.6 Å². The maximum atomic E-state index is 13.7. The quantitative estimate of drug-likeness (QED) is 0.501. The summed E-state index contributed by atoms with van der Waals surface area (Å²) in [7, 11) is 3.09. The van der Waals surface area contributed by atoms with E-state index >= 15 is 0 Å². The smallest absolute Gasteiger partial charge is 0.351 e. The zero-order chi connectivity index (χ0) is 20.5. The molecule has 2 aromatic carbocycles. The number of hydrogen-bond donors (Lipinski definition) is 0. The van der Waals surface area contributed by atoms with E-state index in [0.717, 1.165) is 6.42 Å². The van der Waals surface area contributed by atoms with Gasteiger partial charge in [-0.15, -0.1) is 5.10 Å². The lowest BCUT2D eigenvalue weighted by molar-refractivity contribution is 0.355. The molecule has 4 aromatic rings. The largest absolute Gasteiger partial charge is 0.493 e. The monoisotopic (exact) mass is 396 g/mol. The molecule has 0 atom stereocenters. The zero-order valence-corrected chi connectivity index (χ0v) is 16.5. The standard InChI is InChI=1S/C21H21FN4O3/c1-4-6-19-23-20-15-10-17(28-2)18(29-3)11-16(15)25(21(27)26(20)24-19)12-13-7-5-8-14(22)9-13/h5,7-11H,4,6,12H2,1-3H3. The first-order valence-electron chi connectivity index (χ1n) is 9.34. The van der Waals surface area contributed by atoms with E-state index in [4.69, 9.17) is 9.47 Å². The third-order valence-corrected chi connectivity index (χ3v) is 4.80. The first-order valence-corrected chi connectivity index (χ1v) is 9.34. The van der Waals surface area contributed by atoms with Gasteiger partial charge in [-0.05, 0) is 30.2 Å². The summed E-state index contributed by atoms with van der Waals surface area (Å²) in [5, 5.41) is 5.10. The molecule has 0 spiro atoms. The van der Waals surface area contributed by atoms with E-state index in [1.165, 1.54) is 23.8 Å². The average molecular weight is 396 g/mol. The van der Waals surface area contributed by atoms with Gasteiger partial charge < -0.3 is 9.47 Å². The van der Waals surface area contributed by atoms with E-state index in [9.17, 15) is 9.18 Å². The van der Waals surface area contributed by atoms with Crippen LogP contribution >= 0.6 is 0 Å². The Balaban J connectivity index is 2.05. The molecule has 0 unspecified atom stereocenters. The Bertz CT molecular complexity index is 1260. The van der Waals surface area contributed by atoms with Crippen LogP contribution in [0.5, 0.6) is 11.5 Å². The SMILES string of the molecule is CCCc1nc2c3cc(OC)c(OC)cc3n(Cc3cccc(F)c3)c(=O)n2n1. The predicted octanol–water partition coefficient (Wildman–Crippen LogP) is 3.20. The van der Waals surface area contributed by atoms with Gasteiger partial charge in [0.05, 0.1) is 26.3 Å². The molecule has 0 aliphatic heterocycles. The Morgan fingerprint density at radius 2 is 1.86 bits per heavy atom. The molecule has 4 rings (SSSR count). The minimum Gasteiger partial charge on any atom is -0.493 e.